The van der Waals surface area contributed by atoms with Gasteiger partial charge in [0.2, 0.25) is 5.91 Å². The van der Waals surface area contributed by atoms with Crippen molar-refractivity contribution in [3.8, 4) is 0 Å². The number of halogens is 3. The summed E-state index contributed by atoms with van der Waals surface area (Å²) in [5.74, 6) is -2.07. The third-order valence-electron chi connectivity index (χ3n) is 8.96. The minimum Gasteiger partial charge on any atom is -0.359 e. The summed E-state index contributed by atoms with van der Waals surface area (Å²) < 4.78 is 32.1. The van der Waals surface area contributed by atoms with Crippen LogP contribution in [-0.2, 0) is 14.4 Å². The number of allylic oxidation sites excluding steroid dienone is 1. The van der Waals surface area contributed by atoms with Gasteiger partial charge in [0, 0.05) is 78.9 Å². The van der Waals surface area contributed by atoms with Gasteiger partial charge >= 0.3 is 0 Å². The predicted molar refractivity (Wildman–Crippen MR) is 188 cm³/mol. The maximum absolute atomic E-state index is 16.0. The van der Waals surface area contributed by atoms with Crippen LogP contribution >= 0.6 is 12.4 Å². The smallest absolute Gasteiger partial charge is 0.275 e. The Hall–Kier alpha value is -4.82. The largest absolute Gasteiger partial charge is 0.359 e. The van der Waals surface area contributed by atoms with Crippen molar-refractivity contribution < 1.29 is 23.2 Å². The molecule has 1 N–H and O–H groups in total. The van der Waals surface area contributed by atoms with E-state index in [1.54, 1.807) is 58.4 Å². The number of fused-ring (bicyclic) bond motifs is 1. The van der Waals surface area contributed by atoms with E-state index in [0.29, 0.717) is 48.7 Å². The molecule has 48 heavy (non-hydrogen) atoms. The second-order valence-electron chi connectivity index (χ2n) is 12.1. The molecule has 1 fully saturated rings. The zero-order valence-corrected chi connectivity index (χ0v) is 27.6. The lowest BCUT2D eigenvalue weighted by molar-refractivity contribution is -0.127. The summed E-state index contributed by atoms with van der Waals surface area (Å²) in [5, 5.41) is 2.90. The number of aryl methyl sites for hydroxylation is 1. The summed E-state index contributed by atoms with van der Waals surface area (Å²) in [4.78, 5) is 45.4. The van der Waals surface area contributed by atoms with Crippen molar-refractivity contribution in [1.82, 2.24) is 9.80 Å². The number of nitrogens with one attached hydrogen (secondary N) is 1. The number of anilines is 2. The number of hydrogen-bond acceptors (Lipinski definition) is 5. The average molecular weight is 671 g/mol. The zero-order chi connectivity index (χ0) is 33.1. The molecular formula is C38H37ClF2N4O3. The SMILES string of the molecule is Cc1cccc(C2=C(C(=O)Nc3ccccc3)C=CC(N3CCC(F)(F)C(=CC(=O)N4CCN(C)CC4)c4ccccc43)C2=C=O)c1.Cl. The highest BCUT2D eigenvalue weighted by molar-refractivity contribution is 6.15. The molecule has 0 spiro atoms. The first-order chi connectivity index (χ1) is 22.7. The molecule has 6 rings (SSSR count). The first-order valence-corrected chi connectivity index (χ1v) is 15.7. The van der Waals surface area contributed by atoms with Gasteiger partial charge in [-0.3, -0.25) is 9.59 Å². The number of carbonyl (C=O) groups excluding carboxylic acids is 3. The van der Waals surface area contributed by atoms with E-state index in [9.17, 15) is 14.4 Å². The number of carbonyl (C=O) groups is 2. The van der Waals surface area contributed by atoms with Crippen LogP contribution in [0.25, 0.3) is 11.1 Å². The van der Waals surface area contributed by atoms with Crippen molar-refractivity contribution in [2.75, 3.05) is 50.0 Å². The Morgan fingerprint density at radius 1 is 0.938 bits per heavy atom. The maximum Gasteiger partial charge on any atom is 0.275 e. The monoisotopic (exact) mass is 670 g/mol. The van der Waals surface area contributed by atoms with Crippen LogP contribution in [0.2, 0.25) is 0 Å². The molecular weight excluding hydrogens is 634 g/mol. The molecule has 1 unspecified atom stereocenters. The number of hydrogen-bond donors (Lipinski definition) is 1. The summed E-state index contributed by atoms with van der Waals surface area (Å²) in [6.07, 6.45) is 3.86. The Bertz CT molecular complexity index is 1840. The van der Waals surface area contributed by atoms with Gasteiger partial charge in [-0.15, -0.1) is 12.4 Å². The third kappa shape index (κ3) is 7.04. The minimum atomic E-state index is -3.31. The number of nitrogens with zero attached hydrogens (tertiary/aromatic N) is 3. The molecule has 2 aliphatic heterocycles. The molecule has 7 nitrogen and oxygen atoms in total. The summed E-state index contributed by atoms with van der Waals surface area (Å²) >= 11 is 0. The number of para-hydroxylation sites is 2. The Morgan fingerprint density at radius 3 is 2.35 bits per heavy atom. The fourth-order valence-corrected chi connectivity index (χ4v) is 6.43. The lowest BCUT2D eigenvalue weighted by Gasteiger charge is -2.35. The molecule has 0 radical (unpaired) electrons. The van der Waals surface area contributed by atoms with E-state index in [-0.39, 0.29) is 41.2 Å². The summed E-state index contributed by atoms with van der Waals surface area (Å²) in [5.41, 5.74) is 3.32. The number of amides is 2. The van der Waals surface area contributed by atoms with Crippen molar-refractivity contribution in [3.05, 3.63) is 125 Å². The molecule has 3 aliphatic rings. The van der Waals surface area contributed by atoms with Gasteiger partial charge in [-0.25, -0.2) is 13.6 Å². The summed E-state index contributed by atoms with van der Waals surface area (Å²) in [6.45, 7) is 4.08. The van der Waals surface area contributed by atoms with Crippen LogP contribution < -0.4 is 10.2 Å². The standard InChI is InChI=1S/C38H36F2N4O3.ClH/c1-26-9-8-10-27(23-26)36-30(37(47)41-28-11-4-3-5-12-28)15-16-34(31(36)25-45)44-18-17-38(39,40)32(29-13-6-7-14-33(29)44)24-35(46)43-21-19-42(2)20-22-43;/h3-16,23-24,34H,17-22H2,1-2H3,(H,41,47);1H. The van der Waals surface area contributed by atoms with Gasteiger partial charge in [0.15, 0.2) is 0 Å². The molecule has 1 atom stereocenters. The number of piperazine rings is 1. The molecule has 3 aromatic rings. The van der Waals surface area contributed by atoms with E-state index in [0.717, 1.165) is 11.6 Å². The molecule has 1 saturated heterocycles. The zero-order valence-electron chi connectivity index (χ0n) is 26.8. The van der Waals surface area contributed by atoms with E-state index < -0.39 is 30.2 Å². The summed E-state index contributed by atoms with van der Waals surface area (Å²) in [7, 11) is 1.96. The first-order valence-electron chi connectivity index (χ1n) is 15.7. The second-order valence-corrected chi connectivity index (χ2v) is 12.1. The Balaban J connectivity index is 0.00000451. The highest BCUT2D eigenvalue weighted by atomic mass is 35.5. The van der Waals surface area contributed by atoms with Crippen LogP contribution in [0.1, 0.15) is 23.1 Å². The summed E-state index contributed by atoms with van der Waals surface area (Å²) in [6, 6.07) is 22.4. The Kier molecular flexibility index (Phi) is 10.4. The van der Waals surface area contributed by atoms with Gasteiger partial charge in [-0.05, 0) is 37.7 Å². The highest BCUT2D eigenvalue weighted by Crippen LogP contribution is 2.46. The molecule has 10 heteroatoms. The molecule has 0 aromatic heterocycles. The van der Waals surface area contributed by atoms with Gasteiger partial charge in [0.25, 0.3) is 11.8 Å². The first kappa shape index (κ1) is 34.5. The lowest BCUT2D eigenvalue weighted by Crippen LogP contribution is -2.46. The van der Waals surface area contributed by atoms with Crippen LogP contribution in [-0.4, -0.2) is 79.3 Å². The van der Waals surface area contributed by atoms with E-state index in [2.05, 4.69) is 16.2 Å². The van der Waals surface area contributed by atoms with E-state index >= 15 is 8.78 Å². The van der Waals surface area contributed by atoms with E-state index in [1.165, 1.54) is 0 Å². The van der Waals surface area contributed by atoms with Gasteiger partial charge in [-0.2, -0.15) is 0 Å². The number of benzene rings is 3. The topological polar surface area (TPSA) is 73.0 Å². The molecule has 3 aromatic carbocycles. The van der Waals surface area contributed by atoms with Crippen molar-refractivity contribution >= 4 is 52.7 Å². The van der Waals surface area contributed by atoms with Crippen LogP contribution in [0.4, 0.5) is 20.2 Å². The molecule has 0 saturated carbocycles. The predicted octanol–water partition coefficient (Wildman–Crippen LogP) is 6.21. The Labute approximate surface area is 285 Å². The Morgan fingerprint density at radius 2 is 1.65 bits per heavy atom. The molecule has 1 aliphatic carbocycles. The normalized spacial score (nSPS) is 20.0. The fourth-order valence-electron chi connectivity index (χ4n) is 6.43. The maximum atomic E-state index is 16.0. The number of rotatable bonds is 5. The molecule has 2 heterocycles. The van der Waals surface area contributed by atoms with Gasteiger partial charge in [0.1, 0.15) is 5.94 Å². The lowest BCUT2D eigenvalue weighted by atomic mass is 9.83. The van der Waals surface area contributed by atoms with Crippen molar-refractivity contribution in [3.63, 3.8) is 0 Å². The molecule has 2 amide bonds. The molecule has 248 valence electrons. The van der Waals surface area contributed by atoms with Crippen molar-refractivity contribution in [1.29, 1.82) is 0 Å². The van der Waals surface area contributed by atoms with Gasteiger partial charge in [-0.1, -0.05) is 78.4 Å². The van der Waals surface area contributed by atoms with Crippen molar-refractivity contribution in [2.24, 2.45) is 0 Å². The van der Waals surface area contributed by atoms with Crippen LogP contribution in [0.5, 0.6) is 0 Å². The van der Waals surface area contributed by atoms with Gasteiger partial charge in [0.05, 0.1) is 11.6 Å². The number of likely N-dealkylation sites (N-methyl/N-ethyl adjacent to an activating group) is 1. The number of alkyl halides is 2. The third-order valence-corrected chi connectivity index (χ3v) is 8.96. The van der Waals surface area contributed by atoms with E-state index in [4.69, 9.17) is 0 Å². The van der Waals surface area contributed by atoms with Gasteiger partial charge < -0.3 is 20.0 Å². The second kappa shape index (κ2) is 14.5. The minimum absolute atomic E-state index is 0. The van der Waals surface area contributed by atoms with E-state index in [1.807, 2.05) is 56.4 Å². The van der Waals surface area contributed by atoms with Crippen LogP contribution in [0.3, 0.4) is 0 Å². The van der Waals surface area contributed by atoms with Crippen LogP contribution in [0, 0.1) is 6.92 Å². The van der Waals surface area contributed by atoms with Crippen molar-refractivity contribution in [2.45, 2.75) is 25.3 Å². The average Bonchev–Trinajstić information content (AvgIpc) is 3.18. The van der Waals surface area contributed by atoms with Crippen LogP contribution in [0.15, 0.2) is 108 Å². The highest BCUT2D eigenvalue weighted by Gasteiger charge is 2.43. The molecule has 0 bridgehead atoms. The quantitative estimate of drug-likeness (QED) is 0.258. The fraction of sp³-hybridized carbons (Fsp3) is 0.263.